The summed E-state index contributed by atoms with van der Waals surface area (Å²) < 4.78 is 35.8. The zero-order valence-electron chi connectivity index (χ0n) is 15.6. The van der Waals surface area contributed by atoms with Gasteiger partial charge in [-0.05, 0) is 18.6 Å². The number of carbonyl (C=O) groups is 1. The minimum absolute atomic E-state index is 0.00296. The van der Waals surface area contributed by atoms with Gasteiger partial charge in [0.25, 0.3) is 0 Å². The quantitative estimate of drug-likeness (QED) is 0.331. The van der Waals surface area contributed by atoms with Gasteiger partial charge in [-0.25, -0.2) is 9.18 Å². The molecule has 0 aromatic heterocycles. The first-order chi connectivity index (χ1) is 13.1. The summed E-state index contributed by atoms with van der Waals surface area (Å²) in [4.78, 5) is 13.6. The molecule has 0 aliphatic heterocycles. The molecule has 0 unspecified atom stereocenters. The fourth-order valence-electron chi connectivity index (χ4n) is 2.35. The van der Waals surface area contributed by atoms with Crippen LogP contribution in [0.15, 0.2) is 41.3 Å². The predicted molar refractivity (Wildman–Crippen MR) is 102 cm³/mol. The van der Waals surface area contributed by atoms with Crippen LogP contribution in [-0.2, 0) is 15.2 Å². The number of benzene rings is 2. The minimum atomic E-state index is -0.631. The molecule has 2 aromatic carbocycles. The highest BCUT2D eigenvalue weighted by Crippen LogP contribution is 2.36. The third kappa shape index (κ3) is 5.61. The normalized spacial score (nSPS) is 10.5. The molecule has 5 nitrogen and oxygen atoms in total. The first-order valence-corrected chi connectivity index (χ1v) is 9.47. The second-order valence-electron chi connectivity index (χ2n) is 5.53. The summed E-state index contributed by atoms with van der Waals surface area (Å²) in [7, 11) is 2.82. The van der Waals surface area contributed by atoms with Crippen molar-refractivity contribution >= 4 is 17.7 Å². The minimum Gasteiger partial charge on any atom is -0.494 e. The number of thioether (sulfide) groups is 1. The van der Waals surface area contributed by atoms with E-state index < -0.39 is 11.8 Å². The summed E-state index contributed by atoms with van der Waals surface area (Å²) in [5, 5.41) is 0. The number of rotatable bonds is 10. The Kier molecular flexibility index (Phi) is 8.42. The Hall–Kier alpha value is -2.25. The predicted octanol–water partition coefficient (Wildman–Crippen LogP) is 4.68. The highest BCUT2D eigenvalue weighted by atomic mass is 32.2. The van der Waals surface area contributed by atoms with Crippen molar-refractivity contribution in [2.45, 2.75) is 24.0 Å². The number of ether oxygens (including phenoxy) is 4. The summed E-state index contributed by atoms with van der Waals surface area (Å²) in [5.74, 6) is -0.855. The highest BCUT2D eigenvalue weighted by Gasteiger charge is 2.26. The van der Waals surface area contributed by atoms with Crippen LogP contribution >= 0.6 is 11.8 Å². The van der Waals surface area contributed by atoms with Gasteiger partial charge in [0, 0.05) is 29.4 Å². The van der Waals surface area contributed by atoms with Crippen molar-refractivity contribution < 1.29 is 28.1 Å². The fourth-order valence-corrected chi connectivity index (χ4v) is 3.28. The topological polar surface area (TPSA) is 54.0 Å². The standard InChI is InChI=1S/C20H23FO5S/c1-4-10-25-20(22)18-15(12-27-14-8-6-5-7-9-14)19(21)17(24-3)11-16(18)26-13-23-2/h5-9,11H,4,10,12-13H2,1-3H3. The van der Waals surface area contributed by atoms with Gasteiger partial charge in [-0.2, -0.15) is 0 Å². The Balaban J connectivity index is 2.45. The summed E-state index contributed by atoms with van der Waals surface area (Å²) in [5.41, 5.74) is 0.234. The maximum atomic E-state index is 15.0. The first-order valence-electron chi connectivity index (χ1n) is 8.48. The Labute approximate surface area is 162 Å². The fraction of sp³-hybridized carbons (Fsp3) is 0.350. The summed E-state index contributed by atoms with van der Waals surface area (Å²) in [6, 6.07) is 10.9. The molecule has 0 N–H and O–H groups in total. The number of carbonyl (C=O) groups excluding carboxylic acids is 1. The van der Waals surface area contributed by atoms with Crippen molar-refractivity contribution in [1.29, 1.82) is 0 Å². The molecule has 7 heteroatoms. The molecule has 0 saturated carbocycles. The zero-order valence-corrected chi connectivity index (χ0v) is 16.4. The van der Waals surface area contributed by atoms with Gasteiger partial charge in [-0.1, -0.05) is 25.1 Å². The van der Waals surface area contributed by atoms with Crippen molar-refractivity contribution in [3.8, 4) is 11.5 Å². The SMILES string of the molecule is CCCOC(=O)c1c(OCOC)cc(OC)c(F)c1CSc1ccccc1. The molecular formula is C20H23FO5S. The van der Waals surface area contributed by atoms with Gasteiger partial charge in [-0.15, -0.1) is 11.8 Å². The molecule has 27 heavy (non-hydrogen) atoms. The smallest absolute Gasteiger partial charge is 0.342 e. The van der Waals surface area contributed by atoms with E-state index in [1.807, 2.05) is 37.3 Å². The van der Waals surface area contributed by atoms with E-state index in [1.54, 1.807) is 0 Å². The average Bonchev–Trinajstić information content (AvgIpc) is 2.70. The van der Waals surface area contributed by atoms with Crippen molar-refractivity contribution in [2.24, 2.45) is 0 Å². The van der Waals surface area contributed by atoms with Gasteiger partial charge in [0.15, 0.2) is 18.4 Å². The van der Waals surface area contributed by atoms with E-state index in [9.17, 15) is 9.18 Å². The second-order valence-corrected chi connectivity index (χ2v) is 6.58. The van der Waals surface area contributed by atoms with Crippen LogP contribution in [0.3, 0.4) is 0 Å². The first kappa shape index (κ1) is 21.1. The highest BCUT2D eigenvalue weighted by molar-refractivity contribution is 7.98. The van der Waals surface area contributed by atoms with Crippen LogP contribution in [0.4, 0.5) is 4.39 Å². The van der Waals surface area contributed by atoms with Gasteiger partial charge >= 0.3 is 5.97 Å². The van der Waals surface area contributed by atoms with Gasteiger partial charge in [0.2, 0.25) is 0 Å². The molecule has 2 rings (SSSR count). The molecule has 0 saturated heterocycles. The lowest BCUT2D eigenvalue weighted by molar-refractivity contribution is 0.0424. The number of hydrogen-bond donors (Lipinski definition) is 0. The second kappa shape index (κ2) is 10.8. The lowest BCUT2D eigenvalue weighted by Crippen LogP contribution is -2.14. The van der Waals surface area contributed by atoms with Crippen molar-refractivity contribution in [3.63, 3.8) is 0 Å². The Bertz CT molecular complexity index is 752. The molecule has 2 aromatic rings. The maximum absolute atomic E-state index is 15.0. The Morgan fingerprint density at radius 1 is 1.15 bits per heavy atom. The van der Waals surface area contributed by atoms with Crippen LogP contribution in [0.25, 0.3) is 0 Å². The lowest BCUT2D eigenvalue weighted by atomic mass is 10.1. The molecule has 0 bridgehead atoms. The number of hydrogen-bond acceptors (Lipinski definition) is 6. The average molecular weight is 394 g/mol. The summed E-state index contributed by atoms with van der Waals surface area (Å²) >= 11 is 1.40. The molecule has 0 atom stereocenters. The zero-order chi connectivity index (χ0) is 19.6. The molecule has 0 heterocycles. The van der Waals surface area contributed by atoms with E-state index in [-0.39, 0.29) is 41.8 Å². The molecule has 0 radical (unpaired) electrons. The van der Waals surface area contributed by atoms with E-state index in [0.29, 0.717) is 6.42 Å². The van der Waals surface area contributed by atoms with E-state index in [1.165, 1.54) is 32.0 Å². The third-order valence-corrected chi connectivity index (χ3v) is 4.65. The van der Waals surface area contributed by atoms with E-state index in [4.69, 9.17) is 18.9 Å². The van der Waals surface area contributed by atoms with Crippen LogP contribution < -0.4 is 9.47 Å². The Morgan fingerprint density at radius 3 is 2.52 bits per heavy atom. The molecular weight excluding hydrogens is 371 g/mol. The van der Waals surface area contributed by atoms with Crippen LogP contribution in [0.2, 0.25) is 0 Å². The van der Waals surface area contributed by atoms with Crippen molar-refractivity contribution in [1.82, 2.24) is 0 Å². The molecule has 0 spiro atoms. The number of halogens is 1. The Morgan fingerprint density at radius 2 is 1.89 bits per heavy atom. The van der Waals surface area contributed by atoms with E-state index in [2.05, 4.69) is 0 Å². The van der Waals surface area contributed by atoms with Crippen LogP contribution in [0.1, 0.15) is 29.3 Å². The van der Waals surface area contributed by atoms with Gasteiger partial charge in [0.05, 0.1) is 13.7 Å². The van der Waals surface area contributed by atoms with Crippen molar-refractivity contribution in [2.75, 3.05) is 27.6 Å². The third-order valence-electron chi connectivity index (χ3n) is 3.61. The molecule has 0 fully saturated rings. The summed E-state index contributed by atoms with van der Waals surface area (Å²) in [6.07, 6.45) is 0.659. The van der Waals surface area contributed by atoms with E-state index in [0.717, 1.165) is 4.90 Å². The lowest BCUT2D eigenvalue weighted by Gasteiger charge is -2.17. The van der Waals surface area contributed by atoms with Crippen LogP contribution in [0, 0.1) is 5.82 Å². The van der Waals surface area contributed by atoms with E-state index >= 15 is 0 Å². The number of esters is 1. The van der Waals surface area contributed by atoms with Crippen molar-refractivity contribution in [3.05, 3.63) is 53.3 Å². The molecule has 0 aliphatic rings. The van der Waals surface area contributed by atoms with Crippen LogP contribution in [-0.4, -0.2) is 33.6 Å². The number of methoxy groups -OCH3 is 2. The van der Waals surface area contributed by atoms with Gasteiger partial charge in [0.1, 0.15) is 11.3 Å². The largest absolute Gasteiger partial charge is 0.494 e. The molecule has 0 amide bonds. The molecule has 146 valence electrons. The summed E-state index contributed by atoms with van der Waals surface area (Å²) in [6.45, 7) is 2.03. The monoisotopic (exact) mass is 394 g/mol. The van der Waals surface area contributed by atoms with Gasteiger partial charge < -0.3 is 18.9 Å². The molecule has 0 aliphatic carbocycles. The maximum Gasteiger partial charge on any atom is 0.342 e. The van der Waals surface area contributed by atoms with Gasteiger partial charge in [-0.3, -0.25) is 0 Å². The van der Waals surface area contributed by atoms with Crippen LogP contribution in [0.5, 0.6) is 11.5 Å².